The van der Waals surface area contributed by atoms with Crippen LogP contribution in [0.2, 0.25) is 0 Å². The number of nitrogens with zero attached hydrogens (tertiary/aromatic N) is 1. The molecule has 1 saturated carbocycles. The molecule has 3 N–H and O–H groups in total. The first-order valence-corrected chi connectivity index (χ1v) is 11.0. The van der Waals surface area contributed by atoms with E-state index >= 15 is 0 Å². The molecular weight excluding hydrogens is 412 g/mol. The minimum absolute atomic E-state index is 0.0828. The van der Waals surface area contributed by atoms with E-state index in [-0.39, 0.29) is 23.7 Å². The largest absolute Gasteiger partial charge is 0.484 e. The zero-order valence-electron chi connectivity index (χ0n) is 17.7. The monoisotopic (exact) mass is 437 g/mol. The molecule has 1 aromatic heterocycles. The van der Waals surface area contributed by atoms with Crippen LogP contribution in [0.1, 0.15) is 47.2 Å². The normalized spacial score (nSPS) is 15.6. The Morgan fingerprint density at radius 1 is 1.22 bits per heavy atom. The summed E-state index contributed by atoms with van der Waals surface area (Å²) in [5.41, 5.74) is 9.13. The Bertz CT molecular complexity index is 1210. The fraction of sp³-hybridized carbons (Fsp3) is 0.320. The van der Waals surface area contributed by atoms with Crippen LogP contribution in [0.25, 0.3) is 17.0 Å². The van der Waals surface area contributed by atoms with Crippen LogP contribution < -0.4 is 10.5 Å². The standard InChI is InChI=1S/C25H25F2N3O2/c26-16-6-9-23-20(11-16)15(13-29-23)3-2-10-30(17-4-1-5-17)18-12-21-19(25(28)31)7-8-22(27)24(21)32-14-18/h6-9,11-13,17,29H,1-5,10,14H2,(H2,28,31). The van der Waals surface area contributed by atoms with Crippen LogP contribution in [0, 0.1) is 11.6 Å². The Balaban J connectivity index is 1.38. The number of aryl methyl sites for hydroxylation is 1. The molecule has 0 saturated heterocycles. The molecular formula is C25H25F2N3O2. The van der Waals surface area contributed by atoms with E-state index in [1.54, 1.807) is 12.1 Å². The number of ether oxygens (including phenoxy) is 1. The van der Waals surface area contributed by atoms with Crippen LogP contribution in [0.3, 0.4) is 0 Å². The highest BCUT2D eigenvalue weighted by Crippen LogP contribution is 2.36. The molecule has 1 aliphatic heterocycles. The number of H-pyrrole nitrogens is 1. The highest BCUT2D eigenvalue weighted by atomic mass is 19.1. The fourth-order valence-electron chi connectivity index (χ4n) is 4.65. The third-order valence-corrected chi connectivity index (χ3v) is 6.55. The average Bonchev–Trinajstić information content (AvgIpc) is 3.13. The highest BCUT2D eigenvalue weighted by molar-refractivity contribution is 5.98. The second-order valence-electron chi connectivity index (χ2n) is 8.51. The Kier molecular flexibility index (Phi) is 5.33. The smallest absolute Gasteiger partial charge is 0.249 e. The first-order valence-electron chi connectivity index (χ1n) is 11.0. The van der Waals surface area contributed by atoms with Gasteiger partial charge in [0.2, 0.25) is 5.91 Å². The lowest BCUT2D eigenvalue weighted by Crippen LogP contribution is -2.42. The minimum Gasteiger partial charge on any atom is -0.484 e. The topological polar surface area (TPSA) is 71.4 Å². The summed E-state index contributed by atoms with van der Waals surface area (Å²) >= 11 is 0. The number of nitrogens with one attached hydrogen (secondary N) is 1. The van der Waals surface area contributed by atoms with Gasteiger partial charge in [0, 0.05) is 35.2 Å². The van der Waals surface area contributed by atoms with Crippen molar-refractivity contribution in [1.82, 2.24) is 9.88 Å². The maximum absolute atomic E-state index is 14.2. The number of carbonyl (C=O) groups is 1. The van der Waals surface area contributed by atoms with Gasteiger partial charge in [-0.15, -0.1) is 0 Å². The van der Waals surface area contributed by atoms with Crippen molar-refractivity contribution in [1.29, 1.82) is 0 Å². The number of aromatic nitrogens is 1. The van der Waals surface area contributed by atoms with Gasteiger partial charge in [-0.25, -0.2) is 8.78 Å². The molecule has 1 amide bonds. The Morgan fingerprint density at radius 2 is 2.06 bits per heavy atom. The summed E-state index contributed by atoms with van der Waals surface area (Å²) in [6, 6.07) is 7.80. The molecule has 0 atom stereocenters. The van der Waals surface area contributed by atoms with E-state index in [0.29, 0.717) is 11.6 Å². The zero-order valence-corrected chi connectivity index (χ0v) is 17.7. The third-order valence-electron chi connectivity index (χ3n) is 6.55. The van der Waals surface area contributed by atoms with Crippen molar-refractivity contribution in [3.05, 3.63) is 70.6 Å². The maximum Gasteiger partial charge on any atom is 0.249 e. The molecule has 0 radical (unpaired) electrons. The summed E-state index contributed by atoms with van der Waals surface area (Å²) in [7, 11) is 0. The molecule has 0 bridgehead atoms. The summed E-state index contributed by atoms with van der Waals surface area (Å²) < 4.78 is 33.7. The van der Waals surface area contributed by atoms with Gasteiger partial charge in [-0.05, 0) is 74.1 Å². The van der Waals surface area contributed by atoms with Gasteiger partial charge in [0.25, 0.3) is 0 Å². The maximum atomic E-state index is 14.2. The van der Waals surface area contributed by atoms with E-state index in [9.17, 15) is 13.6 Å². The van der Waals surface area contributed by atoms with Gasteiger partial charge in [0.15, 0.2) is 11.6 Å². The number of fused-ring (bicyclic) bond motifs is 2. The number of hydrogen-bond acceptors (Lipinski definition) is 3. The van der Waals surface area contributed by atoms with Crippen molar-refractivity contribution < 1.29 is 18.3 Å². The molecule has 0 unspecified atom stereocenters. The second kappa shape index (κ2) is 8.30. The number of primary amides is 1. The molecule has 1 fully saturated rings. The van der Waals surface area contributed by atoms with Crippen LogP contribution >= 0.6 is 0 Å². The predicted molar refractivity (Wildman–Crippen MR) is 119 cm³/mol. The molecule has 3 aromatic rings. The molecule has 2 aliphatic rings. The molecule has 2 heterocycles. The van der Waals surface area contributed by atoms with Crippen LogP contribution in [-0.4, -0.2) is 35.0 Å². The van der Waals surface area contributed by atoms with E-state index in [2.05, 4.69) is 9.88 Å². The predicted octanol–water partition coefficient (Wildman–Crippen LogP) is 4.77. The van der Waals surface area contributed by atoms with Crippen LogP contribution in [0.5, 0.6) is 5.75 Å². The Labute approximate surface area is 184 Å². The summed E-state index contributed by atoms with van der Waals surface area (Å²) in [6.07, 6.45) is 8.83. The van der Waals surface area contributed by atoms with Crippen molar-refractivity contribution in [3.63, 3.8) is 0 Å². The van der Waals surface area contributed by atoms with Crippen LogP contribution in [0.4, 0.5) is 8.78 Å². The quantitative estimate of drug-likeness (QED) is 0.560. The molecule has 1 aliphatic carbocycles. The van der Waals surface area contributed by atoms with Gasteiger partial charge >= 0.3 is 0 Å². The molecule has 2 aromatic carbocycles. The summed E-state index contributed by atoms with van der Waals surface area (Å²) in [5.74, 6) is -1.26. The molecule has 7 heteroatoms. The number of halogens is 2. The van der Waals surface area contributed by atoms with Gasteiger partial charge in [-0.1, -0.05) is 0 Å². The number of nitrogens with two attached hydrogens (primary N) is 1. The average molecular weight is 437 g/mol. The summed E-state index contributed by atoms with van der Waals surface area (Å²) in [6.45, 7) is 1.04. The van der Waals surface area contributed by atoms with Crippen molar-refractivity contribution in [3.8, 4) is 5.75 Å². The van der Waals surface area contributed by atoms with Gasteiger partial charge in [-0.3, -0.25) is 4.79 Å². The van der Waals surface area contributed by atoms with Gasteiger partial charge in [0.05, 0.1) is 11.3 Å². The lowest BCUT2D eigenvalue weighted by atomic mass is 9.90. The van der Waals surface area contributed by atoms with Gasteiger partial charge < -0.3 is 20.4 Å². The summed E-state index contributed by atoms with van der Waals surface area (Å²) in [4.78, 5) is 17.4. The van der Waals surface area contributed by atoms with Crippen molar-refractivity contribution in [2.75, 3.05) is 13.2 Å². The van der Waals surface area contributed by atoms with E-state index in [0.717, 1.165) is 54.4 Å². The van der Waals surface area contributed by atoms with Crippen molar-refractivity contribution in [2.45, 2.75) is 38.1 Å². The van der Waals surface area contributed by atoms with E-state index < -0.39 is 11.7 Å². The lowest BCUT2D eigenvalue weighted by molar-refractivity contribution is 0.0999. The fourth-order valence-corrected chi connectivity index (χ4v) is 4.65. The Morgan fingerprint density at radius 3 is 2.81 bits per heavy atom. The number of amides is 1. The third kappa shape index (κ3) is 3.72. The zero-order chi connectivity index (χ0) is 22.2. The Hall–Kier alpha value is -3.35. The van der Waals surface area contributed by atoms with Gasteiger partial charge in [-0.2, -0.15) is 0 Å². The first-order chi connectivity index (χ1) is 15.5. The van der Waals surface area contributed by atoms with Crippen LogP contribution in [-0.2, 0) is 6.42 Å². The lowest BCUT2D eigenvalue weighted by Gasteiger charge is -2.41. The van der Waals surface area contributed by atoms with E-state index in [1.165, 1.54) is 24.6 Å². The number of carbonyl (C=O) groups excluding carboxylic acids is 1. The molecule has 0 spiro atoms. The van der Waals surface area contributed by atoms with E-state index in [4.69, 9.17) is 10.5 Å². The van der Waals surface area contributed by atoms with Crippen molar-refractivity contribution >= 4 is 22.9 Å². The number of benzene rings is 2. The minimum atomic E-state index is -0.607. The summed E-state index contributed by atoms with van der Waals surface area (Å²) in [5, 5.41) is 0.913. The number of hydrogen-bond donors (Lipinski definition) is 2. The van der Waals surface area contributed by atoms with Gasteiger partial charge in [0.1, 0.15) is 12.4 Å². The molecule has 5 rings (SSSR count). The SMILES string of the molecule is NC(=O)c1ccc(F)c2c1C=C(N(CCCc1c[nH]c3ccc(F)cc13)C1CCC1)CO2. The number of rotatable bonds is 7. The molecule has 5 nitrogen and oxygen atoms in total. The highest BCUT2D eigenvalue weighted by Gasteiger charge is 2.30. The number of aromatic amines is 1. The first kappa shape index (κ1) is 20.5. The second-order valence-corrected chi connectivity index (χ2v) is 8.51. The van der Waals surface area contributed by atoms with E-state index in [1.807, 2.05) is 12.3 Å². The van der Waals surface area contributed by atoms with Crippen molar-refractivity contribution in [2.24, 2.45) is 5.73 Å². The van der Waals surface area contributed by atoms with Crippen LogP contribution in [0.15, 0.2) is 42.2 Å². The molecule has 166 valence electrons. The molecule has 32 heavy (non-hydrogen) atoms.